The minimum atomic E-state index is -0.826. The van der Waals surface area contributed by atoms with Crippen LogP contribution in [0.25, 0.3) is 0 Å². The lowest BCUT2D eigenvalue weighted by Crippen LogP contribution is -2.48. The first kappa shape index (κ1) is 19.0. The molecule has 2 N–H and O–H groups in total. The van der Waals surface area contributed by atoms with E-state index in [1.54, 1.807) is 0 Å². The van der Waals surface area contributed by atoms with Crippen molar-refractivity contribution in [3.63, 3.8) is 0 Å². The Morgan fingerprint density at radius 1 is 1.12 bits per heavy atom. The number of carbonyl (C=O) groups is 2. The summed E-state index contributed by atoms with van der Waals surface area (Å²) in [5.41, 5.74) is 2.82. The summed E-state index contributed by atoms with van der Waals surface area (Å²) in [6.07, 6.45) is -0.377. The summed E-state index contributed by atoms with van der Waals surface area (Å²) in [4.78, 5) is 24.4. The number of carbonyl (C=O) groups excluding carboxylic acids is 2. The molecule has 6 nitrogen and oxygen atoms in total. The highest BCUT2D eigenvalue weighted by atomic mass is 16.5. The lowest BCUT2D eigenvalue weighted by atomic mass is 10.0. The Labute approximate surface area is 152 Å². The van der Waals surface area contributed by atoms with Crippen molar-refractivity contribution in [1.29, 1.82) is 5.26 Å². The predicted molar refractivity (Wildman–Crippen MR) is 97.1 cm³/mol. The summed E-state index contributed by atoms with van der Waals surface area (Å²) in [7, 11) is 0. The van der Waals surface area contributed by atoms with Gasteiger partial charge in [0.1, 0.15) is 19.2 Å². The fraction of sp³-hybridized carbons (Fsp3) is 0.250. The van der Waals surface area contributed by atoms with Crippen LogP contribution in [0.3, 0.4) is 0 Å². The number of nitriles is 1. The topological polar surface area (TPSA) is 91.2 Å². The van der Waals surface area contributed by atoms with Crippen LogP contribution in [0.1, 0.15) is 16.7 Å². The minimum Gasteiger partial charge on any atom is -0.445 e. The maximum atomic E-state index is 12.3. The van der Waals surface area contributed by atoms with Crippen LogP contribution < -0.4 is 10.6 Å². The lowest BCUT2D eigenvalue weighted by molar-refractivity contribution is -0.122. The molecule has 0 heterocycles. The Hall–Kier alpha value is -3.33. The number of amides is 2. The zero-order chi connectivity index (χ0) is 18.8. The monoisotopic (exact) mass is 351 g/mol. The highest BCUT2D eigenvalue weighted by Crippen LogP contribution is 2.08. The maximum Gasteiger partial charge on any atom is 0.408 e. The fourth-order valence-electron chi connectivity index (χ4n) is 2.44. The van der Waals surface area contributed by atoms with E-state index < -0.39 is 18.0 Å². The Balaban J connectivity index is 1.99. The van der Waals surface area contributed by atoms with E-state index in [2.05, 4.69) is 10.6 Å². The molecule has 0 aliphatic carbocycles. The van der Waals surface area contributed by atoms with Gasteiger partial charge in [0, 0.05) is 6.42 Å². The van der Waals surface area contributed by atoms with Gasteiger partial charge in [-0.2, -0.15) is 5.26 Å². The van der Waals surface area contributed by atoms with Crippen molar-refractivity contribution in [1.82, 2.24) is 10.6 Å². The molecule has 0 spiro atoms. The Kier molecular flexibility index (Phi) is 7.19. The summed E-state index contributed by atoms with van der Waals surface area (Å²) < 4.78 is 5.18. The van der Waals surface area contributed by atoms with Gasteiger partial charge in [-0.3, -0.25) is 4.79 Å². The van der Waals surface area contributed by atoms with Crippen LogP contribution in [0.5, 0.6) is 0 Å². The van der Waals surface area contributed by atoms with Crippen LogP contribution in [-0.2, 0) is 22.6 Å². The predicted octanol–water partition coefficient (Wildman–Crippen LogP) is 2.47. The second kappa shape index (κ2) is 9.84. The van der Waals surface area contributed by atoms with Crippen LogP contribution in [0, 0.1) is 18.3 Å². The van der Waals surface area contributed by atoms with Crippen molar-refractivity contribution in [3.05, 3.63) is 71.3 Å². The normalized spacial score (nSPS) is 11.1. The number of hydrogen-bond donors (Lipinski definition) is 2. The third-order valence-electron chi connectivity index (χ3n) is 3.69. The minimum absolute atomic E-state index is 0.115. The van der Waals surface area contributed by atoms with Crippen molar-refractivity contribution in [2.45, 2.75) is 26.0 Å². The molecule has 1 atom stereocenters. The second-order valence-corrected chi connectivity index (χ2v) is 5.83. The second-order valence-electron chi connectivity index (χ2n) is 5.83. The number of ether oxygens (including phenoxy) is 1. The highest BCUT2D eigenvalue weighted by molar-refractivity contribution is 5.86. The molecule has 134 valence electrons. The van der Waals surface area contributed by atoms with E-state index in [0.717, 1.165) is 16.7 Å². The molecule has 0 fully saturated rings. The van der Waals surface area contributed by atoms with Gasteiger partial charge in [-0.1, -0.05) is 60.2 Å². The summed E-state index contributed by atoms with van der Waals surface area (Å²) in [5, 5.41) is 13.7. The third-order valence-corrected chi connectivity index (χ3v) is 3.69. The van der Waals surface area contributed by atoms with Gasteiger partial charge >= 0.3 is 6.09 Å². The largest absolute Gasteiger partial charge is 0.445 e. The number of benzene rings is 2. The first-order chi connectivity index (χ1) is 12.6. The molecule has 6 heteroatoms. The van der Waals surface area contributed by atoms with E-state index >= 15 is 0 Å². The quantitative estimate of drug-likeness (QED) is 0.750. The molecule has 0 aliphatic rings. The van der Waals surface area contributed by atoms with Crippen molar-refractivity contribution in [2.24, 2.45) is 0 Å². The molecule has 0 aromatic heterocycles. The van der Waals surface area contributed by atoms with Crippen LogP contribution in [0.4, 0.5) is 4.79 Å². The van der Waals surface area contributed by atoms with Gasteiger partial charge in [0.25, 0.3) is 0 Å². The standard InChI is InChI=1S/C20H21N3O3/c1-15-6-5-9-17(12-15)13-18(19(24)22-11-10-21)23-20(25)26-14-16-7-3-2-4-8-16/h2-9,12,18H,11,13-14H2,1H3,(H,22,24)(H,23,25)/t18-/m1/s1. The number of aryl methyl sites for hydroxylation is 1. The van der Waals surface area contributed by atoms with E-state index in [1.807, 2.05) is 67.6 Å². The van der Waals surface area contributed by atoms with E-state index in [1.165, 1.54) is 0 Å². The lowest BCUT2D eigenvalue weighted by Gasteiger charge is -2.18. The van der Waals surface area contributed by atoms with Gasteiger partial charge < -0.3 is 15.4 Å². The smallest absolute Gasteiger partial charge is 0.408 e. The molecule has 26 heavy (non-hydrogen) atoms. The molecule has 2 amide bonds. The average molecular weight is 351 g/mol. The highest BCUT2D eigenvalue weighted by Gasteiger charge is 2.21. The number of nitrogens with one attached hydrogen (secondary N) is 2. The van der Waals surface area contributed by atoms with Gasteiger partial charge in [0.2, 0.25) is 5.91 Å². The Bertz CT molecular complexity index is 784. The van der Waals surface area contributed by atoms with Gasteiger partial charge in [-0.25, -0.2) is 4.79 Å². The fourth-order valence-corrected chi connectivity index (χ4v) is 2.44. The van der Waals surface area contributed by atoms with Gasteiger partial charge in [0.15, 0.2) is 0 Å². The molecule has 2 aromatic rings. The average Bonchev–Trinajstić information content (AvgIpc) is 2.65. The van der Waals surface area contributed by atoms with E-state index in [9.17, 15) is 9.59 Å². The van der Waals surface area contributed by atoms with E-state index in [-0.39, 0.29) is 13.2 Å². The van der Waals surface area contributed by atoms with Crippen molar-refractivity contribution in [2.75, 3.05) is 6.54 Å². The van der Waals surface area contributed by atoms with Gasteiger partial charge in [-0.15, -0.1) is 0 Å². The van der Waals surface area contributed by atoms with Crippen molar-refractivity contribution >= 4 is 12.0 Å². The summed E-state index contributed by atoms with van der Waals surface area (Å²) in [6, 6.07) is 18.0. The summed E-state index contributed by atoms with van der Waals surface area (Å²) >= 11 is 0. The summed E-state index contributed by atoms with van der Waals surface area (Å²) in [6.45, 7) is 1.95. The molecule has 0 aliphatic heterocycles. The molecular formula is C20H21N3O3. The number of alkyl carbamates (subject to hydrolysis) is 1. The molecule has 0 saturated carbocycles. The van der Waals surface area contributed by atoms with Crippen molar-refractivity contribution in [3.8, 4) is 6.07 Å². The molecule has 2 rings (SSSR count). The number of rotatable bonds is 7. The zero-order valence-electron chi connectivity index (χ0n) is 14.6. The van der Waals surface area contributed by atoms with Gasteiger partial charge in [-0.05, 0) is 18.1 Å². The Morgan fingerprint density at radius 3 is 2.54 bits per heavy atom. The molecule has 0 radical (unpaired) electrons. The SMILES string of the molecule is Cc1cccc(C[C@@H](NC(=O)OCc2ccccc2)C(=O)NCC#N)c1. The summed E-state index contributed by atoms with van der Waals surface area (Å²) in [5.74, 6) is -0.426. The molecule has 0 bridgehead atoms. The number of hydrogen-bond acceptors (Lipinski definition) is 4. The molecule has 2 aromatic carbocycles. The molecular weight excluding hydrogens is 330 g/mol. The first-order valence-electron chi connectivity index (χ1n) is 8.26. The third kappa shape index (κ3) is 6.29. The zero-order valence-corrected chi connectivity index (χ0v) is 14.6. The van der Waals surface area contributed by atoms with Gasteiger partial charge in [0.05, 0.1) is 6.07 Å². The first-order valence-corrected chi connectivity index (χ1v) is 8.26. The molecule has 0 saturated heterocycles. The molecule has 0 unspecified atom stereocenters. The maximum absolute atomic E-state index is 12.3. The van der Waals surface area contributed by atoms with E-state index in [4.69, 9.17) is 10.00 Å². The van der Waals surface area contributed by atoms with Crippen LogP contribution in [-0.4, -0.2) is 24.6 Å². The van der Waals surface area contributed by atoms with Crippen molar-refractivity contribution < 1.29 is 14.3 Å². The van der Waals surface area contributed by atoms with Crippen LogP contribution in [0.2, 0.25) is 0 Å². The number of nitrogens with zero attached hydrogens (tertiary/aromatic N) is 1. The van der Waals surface area contributed by atoms with E-state index in [0.29, 0.717) is 6.42 Å². The Morgan fingerprint density at radius 2 is 1.85 bits per heavy atom. The van der Waals surface area contributed by atoms with Crippen LogP contribution >= 0.6 is 0 Å². The van der Waals surface area contributed by atoms with Crippen LogP contribution in [0.15, 0.2) is 54.6 Å².